The summed E-state index contributed by atoms with van der Waals surface area (Å²) in [5.74, 6) is 5.38. The maximum absolute atomic E-state index is 13.0. The maximum Gasteiger partial charge on any atom is 0.360 e. The summed E-state index contributed by atoms with van der Waals surface area (Å²) in [5, 5.41) is 9.47. The molecule has 2 bridgehead atoms. The van der Waals surface area contributed by atoms with E-state index in [1.807, 2.05) is 18.2 Å². The lowest BCUT2D eigenvalue weighted by Gasteiger charge is -2.39. The third kappa shape index (κ3) is 3.79. The van der Waals surface area contributed by atoms with Gasteiger partial charge in [-0.1, -0.05) is 24.0 Å². The Bertz CT molecular complexity index is 1060. The van der Waals surface area contributed by atoms with Crippen LogP contribution in [0, 0.1) is 17.3 Å². The van der Waals surface area contributed by atoms with Crippen LogP contribution in [0.1, 0.15) is 63.0 Å². The molecule has 4 rings (SSSR count). The number of hydrogen-bond acceptors (Lipinski definition) is 4. The number of fused-ring (bicyclic) bond motifs is 3. The molecule has 2 fully saturated rings. The number of aromatic carboxylic acids is 1. The fourth-order valence-corrected chi connectivity index (χ4v) is 4.77. The first kappa shape index (κ1) is 19.7. The third-order valence-electron chi connectivity index (χ3n) is 5.95. The van der Waals surface area contributed by atoms with Crippen LogP contribution in [0.25, 0.3) is 11.0 Å². The number of nitrogens with zero attached hydrogens (tertiary/aromatic N) is 3. The molecule has 2 aromatic rings. The Morgan fingerprint density at radius 3 is 2.45 bits per heavy atom. The summed E-state index contributed by atoms with van der Waals surface area (Å²) in [6.07, 6.45) is 3.87. The van der Waals surface area contributed by atoms with E-state index in [1.54, 1.807) is 10.6 Å². The number of rotatable bonds is 3. The second-order valence-electron chi connectivity index (χ2n) is 9.16. The maximum atomic E-state index is 13.0. The van der Waals surface area contributed by atoms with Crippen molar-refractivity contribution >= 4 is 17.0 Å². The third-order valence-corrected chi connectivity index (χ3v) is 5.95. The number of carbonyl (C=O) groups is 1. The molecule has 2 saturated heterocycles. The van der Waals surface area contributed by atoms with Crippen LogP contribution in [0.4, 0.5) is 0 Å². The molecule has 3 atom stereocenters. The molecule has 1 N–H and O–H groups in total. The standard InChI is InChI=1S/C23H27N3O3/c1-23(2,3)11-6-12-25-15-9-10-16(25)14-17(13-15)26-19-8-5-4-7-18(19)24-20(21(26)27)22(28)29/h4-5,7-8,15-17H,9-10,12-14H2,1-3H3,(H,28,29)/t15-,16+,17?. The van der Waals surface area contributed by atoms with Gasteiger partial charge >= 0.3 is 5.97 Å². The number of benzene rings is 1. The van der Waals surface area contributed by atoms with Gasteiger partial charge in [0.25, 0.3) is 5.56 Å². The quantitative estimate of drug-likeness (QED) is 0.810. The van der Waals surface area contributed by atoms with Gasteiger partial charge in [-0.05, 0) is 58.6 Å². The molecule has 29 heavy (non-hydrogen) atoms. The molecule has 2 aliphatic rings. The molecule has 1 unspecified atom stereocenters. The van der Waals surface area contributed by atoms with Gasteiger partial charge in [0.2, 0.25) is 5.69 Å². The van der Waals surface area contributed by atoms with E-state index >= 15 is 0 Å². The SMILES string of the molecule is CC(C)(C)C#CCN1[C@@H]2CC[C@H]1CC(n1c(=O)c(C(=O)O)nc3ccccc31)C2. The molecular formula is C23H27N3O3. The van der Waals surface area contributed by atoms with E-state index in [9.17, 15) is 14.7 Å². The Kier molecular flexibility index (Phi) is 4.95. The van der Waals surface area contributed by atoms with Crippen molar-refractivity contribution in [1.82, 2.24) is 14.5 Å². The highest BCUT2D eigenvalue weighted by molar-refractivity contribution is 5.88. The summed E-state index contributed by atoms with van der Waals surface area (Å²) in [6, 6.07) is 8.04. The van der Waals surface area contributed by atoms with Crippen molar-refractivity contribution in [2.75, 3.05) is 6.54 Å². The monoisotopic (exact) mass is 393 g/mol. The van der Waals surface area contributed by atoms with Gasteiger partial charge in [0.05, 0.1) is 17.6 Å². The van der Waals surface area contributed by atoms with Gasteiger partial charge in [-0.3, -0.25) is 9.69 Å². The van der Waals surface area contributed by atoms with Gasteiger partial charge < -0.3 is 9.67 Å². The summed E-state index contributed by atoms with van der Waals surface area (Å²) in [6.45, 7) is 7.09. The molecule has 1 aromatic carbocycles. The van der Waals surface area contributed by atoms with Gasteiger partial charge in [-0.15, -0.1) is 0 Å². The first-order valence-corrected chi connectivity index (χ1v) is 10.2. The molecule has 0 spiro atoms. The zero-order chi connectivity index (χ0) is 20.8. The summed E-state index contributed by atoms with van der Waals surface area (Å²) in [5.41, 5.74) is 0.368. The lowest BCUT2D eigenvalue weighted by Crippen LogP contribution is -2.45. The van der Waals surface area contributed by atoms with Crippen molar-refractivity contribution < 1.29 is 9.90 Å². The summed E-state index contributed by atoms with van der Waals surface area (Å²) in [4.78, 5) is 31.2. The van der Waals surface area contributed by atoms with Crippen LogP contribution < -0.4 is 5.56 Å². The fraction of sp³-hybridized carbons (Fsp3) is 0.522. The molecule has 6 heteroatoms. The minimum Gasteiger partial charge on any atom is -0.476 e. The lowest BCUT2D eigenvalue weighted by atomic mass is 9.95. The molecule has 6 nitrogen and oxygen atoms in total. The fourth-order valence-electron chi connectivity index (χ4n) is 4.77. The van der Waals surface area contributed by atoms with E-state index in [0.717, 1.165) is 32.2 Å². The highest BCUT2D eigenvalue weighted by Gasteiger charge is 2.41. The molecule has 0 amide bonds. The zero-order valence-electron chi connectivity index (χ0n) is 17.2. The van der Waals surface area contributed by atoms with Gasteiger partial charge in [-0.2, -0.15) is 0 Å². The largest absolute Gasteiger partial charge is 0.476 e. The molecule has 1 aromatic heterocycles. The Balaban J connectivity index is 1.67. The van der Waals surface area contributed by atoms with Crippen LogP contribution in [-0.2, 0) is 0 Å². The second-order valence-corrected chi connectivity index (χ2v) is 9.16. The number of para-hydroxylation sites is 2. The molecule has 152 valence electrons. The predicted molar refractivity (Wildman–Crippen MR) is 112 cm³/mol. The average molecular weight is 393 g/mol. The van der Waals surface area contributed by atoms with Crippen molar-refractivity contribution in [1.29, 1.82) is 0 Å². The van der Waals surface area contributed by atoms with E-state index < -0.39 is 17.2 Å². The van der Waals surface area contributed by atoms with Gasteiger partial charge in [-0.25, -0.2) is 9.78 Å². The highest BCUT2D eigenvalue weighted by atomic mass is 16.4. The molecule has 3 heterocycles. The lowest BCUT2D eigenvalue weighted by molar-refractivity contribution is 0.0686. The molecule has 0 radical (unpaired) electrons. The van der Waals surface area contributed by atoms with Gasteiger partial charge in [0.15, 0.2) is 0 Å². The normalized spacial score (nSPS) is 24.3. The zero-order valence-corrected chi connectivity index (χ0v) is 17.2. The van der Waals surface area contributed by atoms with Crippen molar-refractivity contribution in [2.24, 2.45) is 5.41 Å². The van der Waals surface area contributed by atoms with E-state index in [4.69, 9.17) is 0 Å². The number of aromatic nitrogens is 2. The van der Waals surface area contributed by atoms with Crippen molar-refractivity contribution in [3.05, 3.63) is 40.3 Å². The number of carboxylic acid groups (broad SMARTS) is 1. The Hall–Kier alpha value is -2.65. The van der Waals surface area contributed by atoms with Crippen molar-refractivity contribution in [3.8, 4) is 11.8 Å². The summed E-state index contributed by atoms with van der Waals surface area (Å²) >= 11 is 0. The van der Waals surface area contributed by atoms with Crippen molar-refractivity contribution in [2.45, 2.75) is 64.6 Å². The van der Waals surface area contributed by atoms with E-state index in [-0.39, 0.29) is 11.5 Å². The molecule has 2 aliphatic heterocycles. The van der Waals surface area contributed by atoms with Crippen LogP contribution >= 0.6 is 0 Å². The summed E-state index contributed by atoms with van der Waals surface area (Å²) in [7, 11) is 0. The first-order chi connectivity index (χ1) is 13.7. The van der Waals surface area contributed by atoms with E-state index in [2.05, 4.69) is 42.5 Å². The van der Waals surface area contributed by atoms with Crippen LogP contribution in [0.3, 0.4) is 0 Å². The Morgan fingerprint density at radius 1 is 1.17 bits per heavy atom. The van der Waals surface area contributed by atoms with Crippen LogP contribution in [-0.4, -0.2) is 44.2 Å². The second kappa shape index (κ2) is 7.31. The number of carboxylic acids is 1. The summed E-state index contributed by atoms with van der Waals surface area (Å²) < 4.78 is 1.69. The first-order valence-electron chi connectivity index (χ1n) is 10.2. The van der Waals surface area contributed by atoms with Gasteiger partial charge in [0.1, 0.15) is 0 Å². The average Bonchev–Trinajstić information content (AvgIpc) is 2.88. The van der Waals surface area contributed by atoms with Crippen molar-refractivity contribution in [3.63, 3.8) is 0 Å². The minimum atomic E-state index is -1.27. The van der Waals surface area contributed by atoms with Crippen LogP contribution in [0.5, 0.6) is 0 Å². The topological polar surface area (TPSA) is 75.4 Å². The molecule has 0 aliphatic carbocycles. The number of piperidine rings is 1. The number of hydrogen-bond donors (Lipinski definition) is 1. The Labute approximate surface area is 170 Å². The smallest absolute Gasteiger partial charge is 0.360 e. The molecule has 0 saturated carbocycles. The highest BCUT2D eigenvalue weighted by Crippen LogP contribution is 2.40. The Morgan fingerprint density at radius 2 is 1.83 bits per heavy atom. The van der Waals surface area contributed by atoms with E-state index in [0.29, 0.717) is 23.1 Å². The van der Waals surface area contributed by atoms with Crippen LogP contribution in [0.15, 0.2) is 29.1 Å². The van der Waals surface area contributed by atoms with Crippen LogP contribution in [0.2, 0.25) is 0 Å². The minimum absolute atomic E-state index is 0.00608. The van der Waals surface area contributed by atoms with Gasteiger partial charge in [0, 0.05) is 23.5 Å². The van der Waals surface area contributed by atoms with E-state index in [1.165, 1.54) is 0 Å². The molecular weight excluding hydrogens is 366 g/mol. The predicted octanol–water partition coefficient (Wildman–Crippen LogP) is 3.31.